The zero-order chi connectivity index (χ0) is 24.4. The maximum Gasteiger partial charge on any atom is 0.456 e. The Labute approximate surface area is 185 Å². The first-order chi connectivity index (χ1) is 15.3. The molecular weight excluding hydrogens is 471 g/mol. The Morgan fingerprint density at radius 2 is 1.24 bits per heavy atom. The van der Waals surface area contributed by atoms with E-state index in [-0.39, 0.29) is 22.3 Å². The first kappa shape index (κ1) is 24.3. The molecule has 0 N–H and O–H groups in total. The molecule has 11 heteroatoms. The SMILES string of the molecule is O=C(OCC(F)(F)C(F)(F)F)c1cc(-c2ccccc2)c(S(=O)(=O)[O-])c(-c2ccccc2)c1. The molecule has 0 aliphatic rings. The Morgan fingerprint density at radius 1 is 0.818 bits per heavy atom. The van der Waals surface area contributed by atoms with Crippen molar-refractivity contribution in [3.8, 4) is 22.3 Å². The van der Waals surface area contributed by atoms with Gasteiger partial charge in [-0.2, -0.15) is 22.0 Å². The van der Waals surface area contributed by atoms with Gasteiger partial charge < -0.3 is 9.29 Å². The topological polar surface area (TPSA) is 83.5 Å². The first-order valence-electron chi connectivity index (χ1n) is 9.18. The van der Waals surface area contributed by atoms with Crippen LogP contribution in [0.5, 0.6) is 0 Å². The van der Waals surface area contributed by atoms with E-state index in [0.29, 0.717) is 0 Å². The standard InChI is InChI=1S/C22H15F5O5S/c23-21(24,22(25,26)27)13-32-20(28)16-11-17(14-7-3-1-4-8-14)19(33(29,30)31)18(12-16)15-9-5-2-6-10-15/h1-12H,13H2,(H,29,30,31)/p-1. The van der Waals surface area contributed by atoms with Gasteiger partial charge in [0.1, 0.15) is 10.1 Å². The quantitative estimate of drug-likeness (QED) is 0.270. The van der Waals surface area contributed by atoms with Gasteiger partial charge >= 0.3 is 18.1 Å². The highest BCUT2D eigenvalue weighted by atomic mass is 32.2. The number of esters is 1. The highest BCUT2D eigenvalue weighted by molar-refractivity contribution is 7.86. The predicted molar refractivity (Wildman–Crippen MR) is 107 cm³/mol. The lowest BCUT2D eigenvalue weighted by atomic mass is 9.96. The van der Waals surface area contributed by atoms with E-state index >= 15 is 0 Å². The summed E-state index contributed by atoms with van der Waals surface area (Å²) in [6.45, 7) is -2.27. The lowest BCUT2D eigenvalue weighted by Crippen LogP contribution is -2.41. The number of rotatable bonds is 6. The Kier molecular flexibility index (Phi) is 6.57. The summed E-state index contributed by atoms with van der Waals surface area (Å²) >= 11 is 0. The maximum absolute atomic E-state index is 13.2. The molecule has 0 radical (unpaired) electrons. The number of ether oxygens (including phenoxy) is 1. The van der Waals surface area contributed by atoms with E-state index < -0.39 is 45.3 Å². The van der Waals surface area contributed by atoms with E-state index in [4.69, 9.17) is 0 Å². The third-order valence-electron chi connectivity index (χ3n) is 4.54. The van der Waals surface area contributed by atoms with Crippen LogP contribution in [0.3, 0.4) is 0 Å². The van der Waals surface area contributed by atoms with Crippen LogP contribution in [0.1, 0.15) is 10.4 Å². The molecule has 0 heterocycles. The van der Waals surface area contributed by atoms with Crippen LogP contribution in [-0.2, 0) is 14.9 Å². The molecule has 0 atom stereocenters. The van der Waals surface area contributed by atoms with Gasteiger partial charge in [0.2, 0.25) is 0 Å². The largest absolute Gasteiger partial charge is 0.744 e. The van der Waals surface area contributed by atoms with Gasteiger partial charge in [0.25, 0.3) is 0 Å². The molecule has 0 saturated carbocycles. The van der Waals surface area contributed by atoms with E-state index in [1.54, 1.807) is 12.1 Å². The van der Waals surface area contributed by atoms with Crippen molar-refractivity contribution in [3.63, 3.8) is 0 Å². The van der Waals surface area contributed by atoms with Crippen LogP contribution in [0.2, 0.25) is 0 Å². The van der Waals surface area contributed by atoms with Gasteiger partial charge in [-0.25, -0.2) is 13.2 Å². The molecule has 0 saturated heterocycles. The van der Waals surface area contributed by atoms with Gasteiger partial charge in [0.05, 0.1) is 10.5 Å². The van der Waals surface area contributed by atoms with Crippen molar-refractivity contribution in [2.45, 2.75) is 17.0 Å². The molecule has 3 aromatic carbocycles. The molecule has 33 heavy (non-hydrogen) atoms. The van der Waals surface area contributed by atoms with Crippen molar-refractivity contribution in [2.24, 2.45) is 0 Å². The molecule has 174 valence electrons. The third kappa shape index (κ3) is 5.37. The van der Waals surface area contributed by atoms with Crippen LogP contribution in [0.4, 0.5) is 22.0 Å². The summed E-state index contributed by atoms with van der Waals surface area (Å²) in [7, 11) is -5.13. The molecule has 0 bridgehead atoms. The fraction of sp³-hybridized carbons (Fsp3) is 0.136. The number of hydrogen-bond donors (Lipinski definition) is 0. The highest BCUT2D eigenvalue weighted by Crippen LogP contribution is 2.38. The van der Waals surface area contributed by atoms with Crippen molar-refractivity contribution in [1.29, 1.82) is 0 Å². The van der Waals surface area contributed by atoms with Crippen LogP contribution in [0, 0.1) is 0 Å². The van der Waals surface area contributed by atoms with Gasteiger partial charge in [-0.3, -0.25) is 0 Å². The molecule has 0 aliphatic carbocycles. The zero-order valence-corrected chi connectivity index (χ0v) is 17.3. The van der Waals surface area contributed by atoms with Crippen LogP contribution in [-0.4, -0.2) is 37.6 Å². The minimum atomic E-state index is -5.93. The number of halogens is 5. The number of benzene rings is 3. The summed E-state index contributed by atoms with van der Waals surface area (Å²) in [5, 5.41) is 0. The van der Waals surface area contributed by atoms with Crippen molar-refractivity contribution in [1.82, 2.24) is 0 Å². The van der Waals surface area contributed by atoms with E-state index in [9.17, 15) is 39.7 Å². The first-order valence-corrected chi connectivity index (χ1v) is 10.6. The summed E-state index contributed by atoms with van der Waals surface area (Å²) in [5.41, 5.74) is -0.597. The third-order valence-corrected chi connectivity index (χ3v) is 5.48. The van der Waals surface area contributed by atoms with Gasteiger partial charge in [0.15, 0.2) is 6.61 Å². The predicted octanol–water partition coefficient (Wildman–Crippen LogP) is 5.28. The fourth-order valence-electron chi connectivity index (χ4n) is 3.00. The minimum Gasteiger partial charge on any atom is -0.744 e. The molecule has 0 aromatic heterocycles. The summed E-state index contributed by atoms with van der Waals surface area (Å²) in [6, 6.07) is 16.8. The number of carbonyl (C=O) groups excluding carboxylic acids is 1. The molecule has 0 fully saturated rings. The summed E-state index contributed by atoms with van der Waals surface area (Å²) in [5.74, 6) is -6.84. The molecule has 0 spiro atoms. The van der Waals surface area contributed by atoms with Gasteiger partial charge in [0, 0.05) is 11.1 Å². The van der Waals surface area contributed by atoms with E-state index in [2.05, 4.69) is 4.74 Å². The highest BCUT2D eigenvalue weighted by Gasteiger charge is 2.58. The molecule has 3 aromatic rings. The Bertz CT molecular complexity index is 1200. The Morgan fingerprint density at radius 3 is 1.61 bits per heavy atom. The molecule has 0 aliphatic heterocycles. The second kappa shape index (κ2) is 8.91. The zero-order valence-electron chi connectivity index (χ0n) is 16.5. The lowest BCUT2D eigenvalue weighted by molar-refractivity contribution is -0.292. The molecule has 0 unspecified atom stereocenters. The Balaban J connectivity index is 2.20. The summed E-state index contributed by atoms with van der Waals surface area (Å²) < 4.78 is 104. The number of alkyl halides is 5. The average molecular weight is 485 g/mol. The second-order valence-corrected chi connectivity index (χ2v) is 8.18. The smallest absolute Gasteiger partial charge is 0.456 e. The van der Waals surface area contributed by atoms with E-state index in [0.717, 1.165) is 12.1 Å². The lowest BCUT2D eigenvalue weighted by Gasteiger charge is -2.21. The van der Waals surface area contributed by atoms with Gasteiger partial charge in [-0.05, 0) is 23.3 Å². The molecular formula is C22H14F5O5S-. The molecule has 5 nitrogen and oxygen atoms in total. The van der Waals surface area contributed by atoms with Crippen LogP contribution in [0.25, 0.3) is 22.3 Å². The Hall–Kier alpha value is -3.31. The van der Waals surface area contributed by atoms with Gasteiger partial charge in [-0.15, -0.1) is 0 Å². The van der Waals surface area contributed by atoms with Gasteiger partial charge in [-0.1, -0.05) is 60.7 Å². The average Bonchev–Trinajstić information content (AvgIpc) is 2.76. The van der Waals surface area contributed by atoms with Crippen LogP contribution >= 0.6 is 0 Å². The van der Waals surface area contributed by atoms with Crippen LogP contribution < -0.4 is 0 Å². The van der Waals surface area contributed by atoms with Crippen molar-refractivity contribution >= 4 is 16.1 Å². The molecule has 0 amide bonds. The van der Waals surface area contributed by atoms with Crippen molar-refractivity contribution in [2.75, 3.05) is 6.61 Å². The van der Waals surface area contributed by atoms with E-state index in [1.807, 2.05) is 0 Å². The normalized spacial score (nSPS) is 12.4. The second-order valence-electron chi connectivity index (χ2n) is 6.87. The fourth-order valence-corrected chi connectivity index (χ4v) is 3.89. The number of hydrogen-bond acceptors (Lipinski definition) is 5. The van der Waals surface area contributed by atoms with Crippen molar-refractivity contribution in [3.05, 3.63) is 78.4 Å². The molecule has 3 rings (SSSR count). The monoisotopic (exact) mass is 485 g/mol. The maximum atomic E-state index is 13.2. The number of carbonyl (C=O) groups is 1. The van der Waals surface area contributed by atoms with Crippen molar-refractivity contribution < 1.29 is 44.5 Å². The van der Waals surface area contributed by atoms with E-state index in [1.165, 1.54) is 48.5 Å². The minimum absolute atomic E-state index is 0.194. The summed E-state index contributed by atoms with van der Waals surface area (Å²) in [6.07, 6.45) is -5.93. The van der Waals surface area contributed by atoms with Crippen LogP contribution in [0.15, 0.2) is 77.7 Å². The summed E-state index contributed by atoms with van der Waals surface area (Å²) in [4.78, 5) is 11.7.